The van der Waals surface area contributed by atoms with Crippen LogP contribution in [0.15, 0.2) is 6.07 Å². The first kappa shape index (κ1) is 16.1. The maximum Gasteiger partial charge on any atom is 0.132 e. The molecule has 2 rings (SSSR count). The van der Waals surface area contributed by atoms with E-state index in [9.17, 15) is 0 Å². The van der Waals surface area contributed by atoms with E-state index < -0.39 is 0 Å². The van der Waals surface area contributed by atoms with E-state index in [1.54, 1.807) is 0 Å². The first-order valence-corrected chi connectivity index (χ1v) is 8.70. The van der Waals surface area contributed by atoms with Crippen LogP contribution in [-0.2, 0) is 6.42 Å². The van der Waals surface area contributed by atoms with Gasteiger partial charge in [-0.1, -0.05) is 46.0 Å². The topological polar surface area (TPSA) is 49.8 Å². The first-order valence-electron chi connectivity index (χ1n) is 8.70. The van der Waals surface area contributed by atoms with Gasteiger partial charge >= 0.3 is 0 Å². The van der Waals surface area contributed by atoms with E-state index >= 15 is 0 Å². The van der Waals surface area contributed by atoms with Crippen molar-refractivity contribution in [3.8, 4) is 0 Å². The highest BCUT2D eigenvalue weighted by Crippen LogP contribution is 2.21. The van der Waals surface area contributed by atoms with E-state index in [1.807, 2.05) is 0 Å². The molecule has 21 heavy (non-hydrogen) atoms. The summed E-state index contributed by atoms with van der Waals surface area (Å²) in [4.78, 5) is 9.20. The third kappa shape index (κ3) is 5.52. The van der Waals surface area contributed by atoms with Crippen molar-refractivity contribution in [1.29, 1.82) is 0 Å². The molecular weight excluding hydrogens is 260 g/mol. The zero-order chi connectivity index (χ0) is 14.9. The van der Waals surface area contributed by atoms with Crippen molar-refractivity contribution in [3.63, 3.8) is 0 Å². The normalized spacial score (nSPS) is 17.0. The van der Waals surface area contributed by atoms with Crippen LogP contribution < -0.4 is 10.6 Å². The van der Waals surface area contributed by atoms with E-state index in [2.05, 4.69) is 40.5 Å². The molecule has 0 radical (unpaired) electrons. The standard InChI is InChI=1S/C17H30N4/c1-3-12-18-16-13-17(21-15(4-2)20-16)19-14-10-8-6-5-7-9-11-14/h13-14H,3-12H2,1-2H3,(H2,18,19,20,21). The maximum atomic E-state index is 4.65. The Kier molecular flexibility index (Phi) is 6.77. The number of nitrogens with zero attached hydrogens (tertiary/aromatic N) is 2. The molecule has 1 aliphatic rings. The fourth-order valence-electron chi connectivity index (χ4n) is 2.88. The smallest absolute Gasteiger partial charge is 0.132 e. The van der Waals surface area contributed by atoms with Crippen LogP contribution >= 0.6 is 0 Å². The number of aryl methyl sites for hydroxylation is 1. The Hall–Kier alpha value is -1.32. The molecule has 2 N–H and O–H groups in total. The van der Waals surface area contributed by atoms with Gasteiger partial charge in [-0.05, 0) is 19.3 Å². The van der Waals surface area contributed by atoms with Crippen molar-refractivity contribution in [2.24, 2.45) is 0 Å². The lowest BCUT2D eigenvalue weighted by atomic mass is 9.97. The van der Waals surface area contributed by atoms with Crippen molar-refractivity contribution < 1.29 is 0 Å². The highest BCUT2D eigenvalue weighted by Gasteiger charge is 2.12. The minimum atomic E-state index is 0.573. The number of rotatable bonds is 6. The fraction of sp³-hybridized carbons (Fsp3) is 0.765. The number of anilines is 2. The summed E-state index contributed by atoms with van der Waals surface area (Å²) in [5.74, 6) is 2.87. The van der Waals surface area contributed by atoms with Gasteiger partial charge in [0.1, 0.15) is 17.5 Å². The summed E-state index contributed by atoms with van der Waals surface area (Å²) in [5.41, 5.74) is 0. The largest absolute Gasteiger partial charge is 0.370 e. The summed E-state index contributed by atoms with van der Waals surface area (Å²) in [7, 11) is 0. The third-order valence-corrected chi connectivity index (χ3v) is 4.10. The monoisotopic (exact) mass is 290 g/mol. The van der Waals surface area contributed by atoms with Crippen LogP contribution in [0.1, 0.15) is 71.0 Å². The second kappa shape index (κ2) is 8.85. The molecule has 1 aromatic heterocycles. The summed E-state index contributed by atoms with van der Waals surface area (Å²) in [5, 5.41) is 7.03. The molecule has 1 aromatic rings. The molecule has 0 bridgehead atoms. The second-order valence-corrected chi connectivity index (χ2v) is 6.02. The molecule has 1 heterocycles. The molecule has 4 nitrogen and oxygen atoms in total. The molecule has 118 valence electrons. The Labute approximate surface area is 129 Å². The van der Waals surface area contributed by atoms with Gasteiger partial charge < -0.3 is 10.6 Å². The molecule has 0 saturated heterocycles. The predicted octanol–water partition coefficient (Wildman–Crippen LogP) is 4.39. The molecule has 1 aliphatic carbocycles. The van der Waals surface area contributed by atoms with E-state index in [0.717, 1.165) is 36.8 Å². The lowest BCUT2D eigenvalue weighted by molar-refractivity contribution is 0.470. The molecule has 0 aliphatic heterocycles. The van der Waals surface area contributed by atoms with Crippen molar-refractivity contribution in [2.75, 3.05) is 17.2 Å². The molecule has 1 fully saturated rings. The van der Waals surface area contributed by atoms with Gasteiger partial charge in [-0.2, -0.15) is 0 Å². The zero-order valence-electron chi connectivity index (χ0n) is 13.6. The van der Waals surface area contributed by atoms with Crippen molar-refractivity contribution in [1.82, 2.24) is 9.97 Å². The minimum Gasteiger partial charge on any atom is -0.370 e. The average Bonchev–Trinajstić information content (AvgIpc) is 2.47. The van der Waals surface area contributed by atoms with Gasteiger partial charge in [0.2, 0.25) is 0 Å². The second-order valence-electron chi connectivity index (χ2n) is 6.02. The molecule has 1 saturated carbocycles. The van der Waals surface area contributed by atoms with Crippen LogP contribution in [0.5, 0.6) is 0 Å². The van der Waals surface area contributed by atoms with Crippen LogP contribution in [0.25, 0.3) is 0 Å². The average molecular weight is 290 g/mol. The molecule has 4 heteroatoms. The lowest BCUT2D eigenvalue weighted by Crippen LogP contribution is -2.22. The van der Waals surface area contributed by atoms with Crippen LogP contribution in [-0.4, -0.2) is 22.6 Å². The number of aromatic nitrogens is 2. The molecule has 0 unspecified atom stereocenters. The third-order valence-electron chi connectivity index (χ3n) is 4.10. The Morgan fingerprint density at radius 2 is 1.67 bits per heavy atom. The summed E-state index contributed by atoms with van der Waals surface area (Å²) in [6.45, 7) is 5.24. The van der Waals surface area contributed by atoms with Gasteiger partial charge in [-0.15, -0.1) is 0 Å². The quantitative estimate of drug-likeness (QED) is 0.816. The molecule has 0 aromatic carbocycles. The summed E-state index contributed by atoms with van der Waals surface area (Å²) >= 11 is 0. The number of hydrogen-bond donors (Lipinski definition) is 2. The van der Waals surface area contributed by atoms with Gasteiger partial charge in [-0.25, -0.2) is 9.97 Å². The lowest BCUT2D eigenvalue weighted by Gasteiger charge is -2.22. The Morgan fingerprint density at radius 1 is 1.00 bits per heavy atom. The number of hydrogen-bond acceptors (Lipinski definition) is 4. The molecular formula is C17H30N4. The van der Waals surface area contributed by atoms with Gasteiger partial charge in [0, 0.05) is 25.1 Å². The minimum absolute atomic E-state index is 0.573. The first-order chi connectivity index (χ1) is 10.3. The predicted molar refractivity (Wildman–Crippen MR) is 89.9 cm³/mol. The summed E-state index contributed by atoms with van der Waals surface area (Å²) in [6.07, 6.45) is 11.4. The van der Waals surface area contributed by atoms with Gasteiger partial charge in [0.25, 0.3) is 0 Å². The van der Waals surface area contributed by atoms with Crippen molar-refractivity contribution in [2.45, 2.75) is 77.7 Å². The fourth-order valence-corrected chi connectivity index (χ4v) is 2.88. The van der Waals surface area contributed by atoms with E-state index in [1.165, 1.54) is 44.9 Å². The van der Waals surface area contributed by atoms with Crippen LogP contribution in [0.2, 0.25) is 0 Å². The van der Waals surface area contributed by atoms with E-state index in [-0.39, 0.29) is 0 Å². The van der Waals surface area contributed by atoms with Crippen LogP contribution in [0.3, 0.4) is 0 Å². The summed E-state index contributed by atoms with van der Waals surface area (Å²) < 4.78 is 0. The Balaban J connectivity index is 2.02. The zero-order valence-corrected chi connectivity index (χ0v) is 13.6. The van der Waals surface area contributed by atoms with E-state index in [4.69, 9.17) is 0 Å². The molecule has 0 amide bonds. The molecule has 0 atom stereocenters. The van der Waals surface area contributed by atoms with Crippen molar-refractivity contribution in [3.05, 3.63) is 11.9 Å². The number of nitrogens with one attached hydrogen (secondary N) is 2. The van der Waals surface area contributed by atoms with Crippen LogP contribution in [0, 0.1) is 0 Å². The Bertz CT molecular complexity index is 411. The van der Waals surface area contributed by atoms with Gasteiger partial charge in [0.15, 0.2) is 0 Å². The maximum absolute atomic E-state index is 4.65. The van der Waals surface area contributed by atoms with Crippen molar-refractivity contribution >= 4 is 11.6 Å². The highest BCUT2D eigenvalue weighted by atomic mass is 15.1. The van der Waals surface area contributed by atoms with E-state index in [0.29, 0.717) is 6.04 Å². The highest BCUT2D eigenvalue weighted by molar-refractivity contribution is 5.48. The Morgan fingerprint density at radius 3 is 2.33 bits per heavy atom. The summed E-state index contributed by atoms with van der Waals surface area (Å²) in [6, 6.07) is 2.64. The van der Waals surface area contributed by atoms with Gasteiger partial charge in [-0.3, -0.25) is 0 Å². The van der Waals surface area contributed by atoms with Gasteiger partial charge in [0.05, 0.1) is 0 Å². The van der Waals surface area contributed by atoms with Crippen LogP contribution in [0.4, 0.5) is 11.6 Å². The SMILES string of the molecule is CCCNc1cc(NC2CCCCCCC2)nc(CC)n1. The molecule has 0 spiro atoms.